The van der Waals surface area contributed by atoms with Crippen LogP contribution in [0.1, 0.15) is 51.3 Å². The summed E-state index contributed by atoms with van der Waals surface area (Å²) in [5, 5.41) is 2.01. The molecule has 1 aliphatic carbocycles. The van der Waals surface area contributed by atoms with Gasteiger partial charge in [0.1, 0.15) is 11.8 Å². The highest BCUT2D eigenvalue weighted by molar-refractivity contribution is 6.44. The zero-order valence-corrected chi connectivity index (χ0v) is 26.5. The molecule has 43 heavy (non-hydrogen) atoms. The minimum Gasteiger partial charge on any atom is -0.462 e. The summed E-state index contributed by atoms with van der Waals surface area (Å²) in [4.78, 5) is 2.20. The molecule has 0 saturated carbocycles. The average molecular weight is 603 g/mol. The maximum Gasteiger partial charge on any atom is 0.136 e. The van der Waals surface area contributed by atoms with Crippen molar-refractivity contribution >= 4 is 51.2 Å². The van der Waals surface area contributed by atoms with E-state index in [4.69, 9.17) is 27.6 Å². The number of hydrogen-bond acceptors (Lipinski definition) is 2. The maximum atomic E-state index is 7.00. The predicted molar refractivity (Wildman–Crippen MR) is 183 cm³/mol. The molecule has 0 amide bonds. The Morgan fingerprint density at radius 1 is 0.651 bits per heavy atom. The third-order valence-corrected chi connectivity index (χ3v) is 9.67. The van der Waals surface area contributed by atoms with Gasteiger partial charge in [-0.05, 0) is 75.2 Å². The summed E-state index contributed by atoms with van der Waals surface area (Å²) in [7, 11) is 0. The Morgan fingerprint density at radius 3 is 2.16 bits per heavy atom. The molecule has 0 fully saturated rings. The summed E-state index contributed by atoms with van der Waals surface area (Å²) in [5.74, 6) is 0. The van der Waals surface area contributed by atoms with E-state index in [1.165, 1.54) is 27.8 Å². The second-order valence-corrected chi connectivity index (χ2v) is 13.7. The first-order valence-corrected chi connectivity index (χ1v) is 15.4. The Hall–Kier alpha value is -3.98. The molecule has 0 aliphatic heterocycles. The van der Waals surface area contributed by atoms with Crippen molar-refractivity contribution in [2.45, 2.75) is 45.4 Å². The second-order valence-electron chi connectivity index (χ2n) is 12.9. The summed E-state index contributed by atoms with van der Waals surface area (Å²) >= 11 is 13.7. The van der Waals surface area contributed by atoms with Gasteiger partial charge >= 0.3 is 0 Å². The van der Waals surface area contributed by atoms with Gasteiger partial charge in [0.15, 0.2) is 0 Å². The van der Waals surface area contributed by atoms with Gasteiger partial charge in [0.2, 0.25) is 0 Å². The molecule has 1 aromatic heterocycles. The third kappa shape index (κ3) is 4.47. The van der Waals surface area contributed by atoms with E-state index in [-0.39, 0.29) is 10.8 Å². The molecule has 7 rings (SSSR count). The van der Waals surface area contributed by atoms with Gasteiger partial charge in [0.05, 0.1) is 27.1 Å². The smallest absolute Gasteiger partial charge is 0.136 e. The Labute approximate surface area is 263 Å². The first-order chi connectivity index (χ1) is 20.6. The van der Waals surface area contributed by atoms with Crippen molar-refractivity contribution in [2.24, 2.45) is 0 Å². The molecule has 4 heteroatoms. The van der Waals surface area contributed by atoms with E-state index in [0.717, 1.165) is 39.2 Å². The van der Waals surface area contributed by atoms with Crippen LogP contribution < -0.4 is 4.90 Å². The number of benzene rings is 5. The number of halogens is 2. The monoisotopic (exact) mass is 601 g/mol. The molecule has 0 radical (unpaired) electrons. The fraction of sp³-hybridized carbons (Fsp3) is 0.179. The van der Waals surface area contributed by atoms with Crippen molar-refractivity contribution in [2.75, 3.05) is 4.90 Å². The van der Waals surface area contributed by atoms with Crippen LogP contribution in [0.4, 0.5) is 17.1 Å². The van der Waals surface area contributed by atoms with Crippen LogP contribution >= 0.6 is 23.2 Å². The third-order valence-electron chi connectivity index (χ3n) is 8.86. The molecule has 6 aromatic rings. The highest BCUT2D eigenvalue weighted by Crippen LogP contribution is 2.53. The molecular formula is C39H33Cl2NO. The number of hydrogen-bond donors (Lipinski definition) is 0. The van der Waals surface area contributed by atoms with Crippen molar-refractivity contribution in [3.63, 3.8) is 0 Å². The lowest BCUT2D eigenvalue weighted by Crippen LogP contribution is -2.15. The quantitative estimate of drug-likeness (QED) is 0.200. The van der Waals surface area contributed by atoms with E-state index in [2.05, 4.69) is 118 Å². The van der Waals surface area contributed by atoms with Gasteiger partial charge in [0, 0.05) is 16.4 Å². The summed E-state index contributed by atoms with van der Waals surface area (Å²) in [6, 6.07) is 36.2. The number of nitrogens with zero attached hydrogens (tertiary/aromatic N) is 1. The molecule has 0 spiro atoms. The number of rotatable bonds is 4. The summed E-state index contributed by atoms with van der Waals surface area (Å²) in [5.41, 5.74) is 12.0. The second kappa shape index (κ2) is 10.0. The topological polar surface area (TPSA) is 16.4 Å². The van der Waals surface area contributed by atoms with Crippen LogP contribution in [0.3, 0.4) is 0 Å². The molecule has 0 saturated heterocycles. The fourth-order valence-electron chi connectivity index (χ4n) is 6.48. The van der Waals surface area contributed by atoms with Gasteiger partial charge in [-0.3, -0.25) is 0 Å². The average Bonchev–Trinajstić information content (AvgIpc) is 3.50. The van der Waals surface area contributed by atoms with E-state index < -0.39 is 0 Å². The molecule has 0 unspecified atom stereocenters. The SMILES string of the molecule is CC(C)(C)c1ccc(N(c2cccc(Cl)c2Cl)c2coc3cc4c(cc23)-c2ccccc2C4(C)C)c(-c2ccccc2)c1. The van der Waals surface area contributed by atoms with Gasteiger partial charge in [0.25, 0.3) is 0 Å². The minimum absolute atomic E-state index is 0.0241. The summed E-state index contributed by atoms with van der Waals surface area (Å²) in [6.07, 6.45) is 1.85. The van der Waals surface area contributed by atoms with E-state index in [9.17, 15) is 0 Å². The normalized spacial score (nSPS) is 13.7. The molecule has 2 nitrogen and oxygen atoms in total. The molecule has 214 valence electrons. The maximum absolute atomic E-state index is 7.00. The Morgan fingerprint density at radius 2 is 1.40 bits per heavy atom. The number of fused-ring (bicyclic) bond motifs is 4. The van der Waals surface area contributed by atoms with Crippen LogP contribution in [0.25, 0.3) is 33.2 Å². The Kier molecular flexibility index (Phi) is 6.50. The highest BCUT2D eigenvalue weighted by atomic mass is 35.5. The first kappa shape index (κ1) is 27.8. The van der Waals surface area contributed by atoms with Crippen molar-refractivity contribution in [3.05, 3.63) is 136 Å². The lowest BCUT2D eigenvalue weighted by Gasteiger charge is -2.30. The van der Waals surface area contributed by atoms with Crippen LogP contribution in [0.5, 0.6) is 0 Å². The van der Waals surface area contributed by atoms with Crippen molar-refractivity contribution in [1.82, 2.24) is 0 Å². The largest absolute Gasteiger partial charge is 0.462 e. The summed E-state index contributed by atoms with van der Waals surface area (Å²) in [6.45, 7) is 11.3. The molecule has 1 aliphatic rings. The zero-order valence-electron chi connectivity index (χ0n) is 25.0. The van der Waals surface area contributed by atoms with E-state index in [1.807, 2.05) is 30.5 Å². The van der Waals surface area contributed by atoms with Crippen LogP contribution in [0.15, 0.2) is 114 Å². The van der Waals surface area contributed by atoms with E-state index in [1.54, 1.807) is 0 Å². The van der Waals surface area contributed by atoms with Crippen LogP contribution in [0, 0.1) is 0 Å². The van der Waals surface area contributed by atoms with Crippen molar-refractivity contribution in [1.29, 1.82) is 0 Å². The lowest BCUT2D eigenvalue weighted by atomic mass is 9.82. The molecule has 0 bridgehead atoms. The molecule has 1 heterocycles. The molecular weight excluding hydrogens is 569 g/mol. The standard InChI is InChI=1S/C39H33Cl2NO/c1-38(2,3)25-18-19-33(27(20-25)24-12-7-6-8-13-24)42(34-17-11-16-32(40)37(34)41)35-23-43-36-22-31-28(21-29(35)36)26-14-9-10-15-30(26)39(31,4)5/h6-23H,1-5H3. The Bertz CT molecular complexity index is 2010. The van der Waals surface area contributed by atoms with Gasteiger partial charge < -0.3 is 9.32 Å². The van der Waals surface area contributed by atoms with Crippen LogP contribution in [0.2, 0.25) is 10.0 Å². The van der Waals surface area contributed by atoms with Crippen molar-refractivity contribution in [3.8, 4) is 22.3 Å². The first-order valence-electron chi connectivity index (χ1n) is 14.7. The van der Waals surface area contributed by atoms with E-state index in [0.29, 0.717) is 10.0 Å². The minimum atomic E-state index is -0.119. The highest BCUT2D eigenvalue weighted by Gasteiger charge is 2.36. The van der Waals surface area contributed by atoms with Gasteiger partial charge in [-0.2, -0.15) is 0 Å². The molecule has 0 N–H and O–H groups in total. The van der Waals surface area contributed by atoms with Crippen LogP contribution in [-0.2, 0) is 10.8 Å². The van der Waals surface area contributed by atoms with Crippen molar-refractivity contribution < 1.29 is 4.42 Å². The number of furan rings is 1. The fourth-order valence-corrected chi connectivity index (χ4v) is 6.86. The number of anilines is 3. The Balaban J connectivity index is 1.54. The summed E-state index contributed by atoms with van der Waals surface area (Å²) < 4.78 is 6.37. The van der Waals surface area contributed by atoms with Crippen LogP contribution in [-0.4, -0.2) is 0 Å². The van der Waals surface area contributed by atoms with Gasteiger partial charge in [-0.15, -0.1) is 0 Å². The van der Waals surface area contributed by atoms with Gasteiger partial charge in [-0.25, -0.2) is 0 Å². The predicted octanol–water partition coefficient (Wildman–Crippen LogP) is 12.5. The van der Waals surface area contributed by atoms with Gasteiger partial charge in [-0.1, -0.05) is 125 Å². The zero-order chi connectivity index (χ0) is 30.1. The molecule has 5 aromatic carbocycles. The molecule has 0 atom stereocenters. The lowest BCUT2D eigenvalue weighted by molar-refractivity contribution is 0.590. The van der Waals surface area contributed by atoms with E-state index >= 15 is 0 Å².